The van der Waals surface area contributed by atoms with Crippen molar-refractivity contribution in [2.24, 2.45) is 40.1 Å². The maximum absolute atomic E-state index is 13.4. The zero-order chi connectivity index (χ0) is 37.5. The van der Waals surface area contributed by atoms with Crippen molar-refractivity contribution in [2.75, 3.05) is 36.2 Å². The van der Waals surface area contributed by atoms with Gasteiger partial charge >= 0.3 is 29.8 Å². The SMILES string of the molecule is C[C@]12CC(OC(=O)CSCC(N)C(=O)O)C3C(CC[C@]4(O)C[C@@H](OC(=O)CSCC(N)C(=O)O)C[C@@H](O)[C@]34CO)[C@@]1(O)CC[C@@H]2C1=CC(=O)OC1. The summed E-state index contributed by atoms with van der Waals surface area (Å²) in [6, 6.07) is -2.37. The average Bonchev–Trinajstić information content (AvgIpc) is 3.59. The Morgan fingerprint density at radius 2 is 1.59 bits per heavy atom. The third-order valence-electron chi connectivity index (χ3n) is 12.3. The van der Waals surface area contributed by atoms with Gasteiger partial charge in [-0.3, -0.25) is 19.2 Å². The van der Waals surface area contributed by atoms with E-state index in [0.29, 0.717) is 12.8 Å². The number of carbonyl (C=O) groups is 5. The Morgan fingerprint density at radius 3 is 2.14 bits per heavy atom. The number of hydrogen-bond acceptors (Lipinski definition) is 16. The molecule has 4 fully saturated rings. The number of thioether (sulfide) groups is 2. The maximum atomic E-state index is 13.4. The number of aliphatic hydroxyl groups is 4. The quantitative estimate of drug-likeness (QED) is 0.0780. The molecule has 5 unspecified atom stereocenters. The Balaban J connectivity index is 1.43. The molecule has 1 heterocycles. The van der Waals surface area contributed by atoms with Crippen LogP contribution >= 0.6 is 23.5 Å². The number of carbonyl (C=O) groups excluding carboxylic acids is 3. The Bertz CT molecular complexity index is 1430. The normalized spacial score (nSPS) is 39.7. The molecule has 4 aliphatic carbocycles. The summed E-state index contributed by atoms with van der Waals surface area (Å²) in [5.74, 6) is -6.83. The number of aliphatic hydroxyl groups excluding tert-OH is 2. The molecule has 51 heavy (non-hydrogen) atoms. The van der Waals surface area contributed by atoms with Crippen LogP contribution in [-0.4, -0.2) is 138 Å². The molecule has 16 nitrogen and oxygen atoms in total. The summed E-state index contributed by atoms with van der Waals surface area (Å²) in [5.41, 5.74) is 5.91. The summed E-state index contributed by atoms with van der Waals surface area (Å²) >= 11 is 1.94. The topological polar surface area (TPSA) is 286 Å². The largest absolute Gasteiger partial charge is 0.480 e. The van der Waals surface area contributed by atoms with Gasteiger partial charge in [0.05, 0.1) is 40.8 Å². The molecule has 0 aromatic heterocycles. The van der Waals surface area contributed by atoms with Gasteiger partial charge in [-0.15, -0.1) is 23.5 Å². The van der Waals surface area contributed by atoms with Crippen molar-refractivity contribution in [1.82, 2.24) is 0 Å². The van der Waals surface area contributed by atoms with Gasteiger partial charge in [0, 0.05) is 41.8 Å². The van der Waals surface area contributed by atoms with Crippen LogP contribution in [0, 0.1) is 28.6 Å². The summed E-state index contributed by atoms with van der Waals surface area (Å²) in [5, 5.41) is 66.5. The monoisotopic (exact) mass is 760 g/mol. The molecule has 5 rings (SSSR count). The van der Waals surface area contributed by atoms with Gasteiger partial charge in [0.15, 0.2) is 0 Å². The van der Waals surface area contributed by atoms with Crippen molar-refractivity contribution in [3.8, 4) is 0 Å². The van der Waals surface area contributed by atoms with Crippen LogP contribution in [0.3, 0.4) is 0 Å². The van der Waals surface area contributed by atoms with Gasteiger partial charge in [-0.05, 0) is 49.5 Å². The van der Waals surface area contributed by atoms with Crippen molar-refractivity contribution in [3.05, 3.63) is 11.6 Å². The van der Waals surface area contributed by atoms with Crippen LogP contribution < -0.4 is 11.5 Å². The molecule has 0 radical (unpaired) electrons. The van der Waals surface area contributed by atoms with Crippen molar-refractivity contribution < 1.29 is 68.8 Å². The second-order valence-corrected chi connectivity index (χ2v) is 16.9. The van der Waals surface area contributed by atoms with Crippen LogP contribution in [0.5, 0.6) is 0 Å². The fourth-order valence-electron chi connectivity index (χ4n) is 9.94. The number of nitrogens with two attached hydrogens (primary N) is 2. The minimum Gasteiger partial charge on any atom is -0.480 e. The Kier molecular flexibility index (Phi) is 11.8. The molecule has 0 aromatic carbocycles. The first-order valence-corrected chi connectivity index (χ1v) is 19.4. The van der Waals surface area contributed by atoms with Crippen molar-refractivity contribution in [2.45, 2.75) is 93.5 Å². The highest BCUT2D eigenvalue weighted by Crippen LogP contribution is 2.71. The third-order valence-corrected chi connectivity index (χ3v) is 14.3. The standard InChI is InChI=1S/C33H48N2O14S2/c1-30-9-22(49-26(40)14-51-12-21(35)29(43)44)27-19(33(30,46)5-3-18(30)16-6-24(38)47-10-16)2-4-31(45)8-17(7-23(37)32(27,31)15-36)48-25(39)13-50-11-20(34)28(41)42/h6,17-23,27,36-37,45-46H,2-5,7-15,34-35H2,1H3,(H,41,42)(H,43,44)/t17-,18+,19?,20?,21?,22?,23+,27?,30+,31-,32+,33-/m0/s1. The molecule has 4 saturated carbocycles. The highest BCUT2D eigenvalue weighted by molar-refractivity contribution is 8.00. The van der Waals surface area contributed by atoms with Gasteiger partial charge in [0.2, 0.25) is 0 Å². The van der Waals surface area contributed by atoms with E-state index in [1.807, 2.05) is 6.92 Å². The molecule has 10 N–H and O–H groups in total. The Labute approximate surface area is 303 Å². The molecule has 0 bridgehead atoms. The molecule has 1 aliphatic heterocycles. The average molecular weight is 761 g/mol. The maximum Gasteiger partial charge on any atom is 0.331 e. The van der Waals surface area contributed by atoms with Gasteiger partial charge < -0.3 is 56.3 Å². The minimum atomic E-state index is -1.83. The minimum absolute atomic E-state index is 0.0129. The van der Waals surface area contributed by atoms with Gasteiger partial charge in [0.1, 0.15) is 30.9 Å². The summed E-state index contributed by atoms with van der Waals surface area (Å²) in [7, 11) is 0. The van der Waals surface area contributed by atoms with E-state index in [1.54, 1.807) is 0 Å². The van der Waals surface area contributed by atoms with Gasteiger partial charge in [0.25, 0.3) is 0 Å². The van der Waals surface area contributed by atoms with E-state index >= 15 is 0 Å². The third kappa shape index (κ3) is 7.14. The van der Waals surface area contributed by atoms with Crippen LogP contribution in [0.1, 0.15) is 51.9 Å². The number of cyclic esters (lactones) is 1. The molecular formula is C33H48N2O14S2. The summed E-state index contributed by atoms with van der Waals surface area (Å²) in [4.78, 5) is 60.3. The fourth-order valence-corrected chi connectivity index (χ4v) is 11.4. The number of esters is 3. The van der Waals surface area contributed by atoms with Gasteiger partial charge in [-0.1, -0.05) is 6.92 Å². The van der Waals surface area contributed by atoms with E-state index in [1.165, 1.54) is 6.08 Å². The number of ether oxygens (including phenoxy) is 3. The Hall–Kier alpha value is -2.45. The zero-order valence-electron chi connectivity index (χ0n) is 28.3. The molecule has 0 spiro atoms. The molecule has 5 aliphatic rings. The lowest BCUT2D eigenvalue weighted by Gasteiger charge is -2.68. The molecule has 18 heteroatoms. The molecule has 12 atom stereocenters. The number of aliphatic carboxylic acids is 2. The number of rotatable bonds is 14. The summed E-state index contributed by atoms with van der Waals surface area (Å²) in [6.07, 6.45) is -1.29. The van der Waals surface area contributed by atoms with E-state index in [0.717, 1.165) is 29.1 Å². The van der Waals surface area contributed by atoms with Crippen molar-refractivity contribution in [1.29, 1.82) is 0 Å². The second-order valence-electron chi connectivity index (χ2n) is 14.9. The smallest absolute Gasteiger partial charge is 0.331 e. The first-order chi connectivity index (χ1) is 23.9. The predicted molar refractivity (Wildman–Crippen MR) is 181 cm³/mol. The Morgan fingerprint density at radius 1 is 0.980 bits per heavy atom. The lowest BCUT2D eigenvalue weighted by atomic mass is 9.40. The molecule has 286 valence electrons. The number of fused-ring (bicyclic) bond motifs is 5. The first-order valence-electron chi connectivity index (χ1n) is 17.0. The van der Waals surface area contributed by atoms with Gasteiger partial charge in [-0.25, -0.2) is 4.79 Å². The van der Waals surface area contributed by atoms with Gasteiger partial charge in [-0.2, -0.15) is 0 Å². The van der Waals surface area contributed by atoms with Crippen molar-refractivity contribution >= 4 is 53.4 Å². The van der Waals surface area contributed by atoms with Crippen LogP contribution in [-0.2, 0) is 38.2 Å². The lowest BCUT2D eigenvalue weighted by molar-refractivity contribution is -0.318. The van der Waals surface area contributed by atoms with E-state index in [-0.39, 0.29) is 67.6 Å². The van der Waals surface area contributed by atoms with E-state index in [4.69, 9.17) is 35.9 Å². The fraction of sp³-hybridized carbons (Fsp3) is 0.788. The highest BCUT2D eigenvalue weighted by Gasteiger charge is 2.76. The molecule has 0 aromatic rings. The number of carboxylic acid groups (broad SMARTS) is 2. The molecule has 0 amide bonds. The highest BCUT2D eigenvalue weighted by atomic mass is 32.2. The van der Waals surface area contributed by atoms with Crippen LogP contribution in [0.15, 0.2) is 11.6 Å². The van der Waals surface area contributed by atoms with E-state index in [2.05, 4.69) is 0 Å². The first kappa shape index (κ1) is 39.8. The van der Waals surface area contributed by atoms with Crippen LogP contribution in [0.25, 0.3) is 0 Å². The number of carboxylic acids is 2. The molecular weight excluding hydrogens is 712 g/mol. The molecule has 0 saturated heterocycles. The summed E-state index contributed by atoms with van der Waals surface area (Å²) < 4.78 is 17.0. The predicted octanol–water partition coefficient (Wildman–Crippen LogP) is -0.975. The van der Waals surface area contributed by atoms with Crippen molar-refractivity contribution in [3.63, 3.8) is 0 Å². The van der Waals surface area contributed by atoms with E-state index < -0.39 is 101 Å². The number of hydrogen-bond donors (Lipinski definition) is 8. The summed E-state index contributed by atoms with van der Waals surface area (Å²) in [6.45, 7) is 1.21. The van der Waals surface area contributed by atoms with E-state index in [9.17, 15) is 44.4 Å². The van der Waals surface area contributed by atoms with Crippen LogP contribution in [0.4, 0.5) is 0 Å². The zero-order valence-corrected chi connectivity index (χ0v) is 29.9. The van der Waals surface area contributed by atoms with Crippen LogP contribution in [0.2, 0.25) is 0 Å². The lowest BCUT2D eigenvalue weighted by Crippen LogP contribution is -2.76. The second kappa shape index (κ2) is 15.1.